The van der Waals surface area contributed by atoms with E-state index < -0.39 is 5.91 Å². The van der Waals surface area contributed by atoms with E-state index in [1.54, 1.807) is 41.9 Å². The molecule has 0 spiro atoms. The van der Waals surface area contributed by atoms with Crippen molar-refractivity contribution >= 4 is 34.8 Å². The van der Waals surface area contributed by atoms with Crippen LogP contribution in [-0.2, 0) is 0 Å². The highest BCUT2D eigenvalue weighted by Crippen LogP contribution is 2.21. The summed E-state index contributed by atoms with van der Waals surface area (Å²) >= 11 is 11.8. The van der Waals surface area contributed by atoms with Gasteiger partial charge in [0.15, 0.2) is 0 Å². The van der Waals surface area contributed by atoms with Gasteiger partial charge in [-0.3, -0.25) is 4.79 Å². The Balaban J connectivity index is 1.84. The van der Waals surface area contributed by atoms with E-state index in [-0.39, 0.29) is 10.8 Å². The maximum atomic E-state index is 12.4. The molecule has 0 atom stereocenters. The van der Waals surface area contributed by atoms with E-state index in [0.717, 1.165) is 5.69 Å². The number of anilines is 1. The van der Waals surface area contributed by atoms with Gasteiger partial charge < -0.3 is 5.32 Å². The Hall–Kier alpha value is -2.88. The summed E-state index contributed by atoms with van der Waals surface area (Å²) in [5.41, 5.74) is 1.53. The molecule has 0 bridgehead atoms. The molecule has 1 aromatic heterocycles. The standard InChI is InChI=1S/C17H11Cl2N5O/c1-10-21-16(23-24(10)14-6-3-12(18)4-7-14)17(25)22-13-5-2-11(9-20)15(19)8-13/h2-8H,1H3,(H,22,25). The van der Waals surface area contributed by atoms with Crippen molar-refractivity contribution in [1.82, 2.24) is 14.8 Å². The third kappa shape index (κ3) is 3.63. The van der Waals surface area contributed by atoms with E-state index in [1.807, 2.05) is 6.07 Å². The van der Waals surface area contributed by atoms with Gasteiger partial charge in [0.2, 0.25) is 5.82 Å². The summed E-state index contributed by atoms with van der Waals surface area (Å²) in [6.45, 7) is 1.75. The van der Waals surface area contributed by atoms with Crippen molar-refractivity contribution in [3.63, 3.8) is 0 Å². The van der Waals surface area contributed by atoms with Crippen molar-refractivity contribution in [2.24, 2.45) is 0 Å². The van der Waals surface area contributed by atoms with Crippen molar-refractivity contribution in [3.8, 4) is 11.8 Å². The fraction of sp³-hybridized carbons (Fsp3) is 0.0588. The SMILES string of the molecule is Cc1nc(C(=O)Nc2ccc(C#N)c(Cl)c2)nn1-c1ccc(Cl)cc1. The summed E-state index contributed by atoms with van der Waals surface area (Å²) in [6, 6.07) is 13.6. The van der Waals surface area contributed by atoms with Crippen LogP contribution in [0.4, 0.5) is 5.69 Å². The van der Waals surface area contributed by atoms with Crippen LogP contribution in [0, 0.1) is 18.3 Å². The second-order valence-electron chi connectivity index (χ2n) is 5.13. The molecule has 0 unspecified atom stereocenters. The lowest BCUT2D eigenvalue weighted by Gasteiger charge is -2.04. The molecule has 1 N–H and O–H groups in total. The Kier molecular flexibility index (Phi) is 4.70. The van der Waals surface area contributed by atoms with Crippen LogP contribution in [0.2, 0.25) is 10.0 Å². The molecule has 0 saturated heterocycles. The number of hydrogen-bond donors (Lipinski definition) is 1. The highest BCUT2D eigenvalue weighted by Gasteiger charge is 2.16. The van der Waals surface area contributed by atoms with E-state index in [2.05, 4.69) is 15.4 Å². The van der Waals surface area contributed by atoms with Crippen molar-refractivity contribution < 1.29 is 4.79 Å². The number of aryl methyl sites for hydroxylation is 1. The third-order valence-electron chi connectivity index (χ3n) is 3.39. The Bertz CT molecular complexity index is 989. The lowest BCUT2D eigenvalue weighted by atomic mass is 10.2. The van der Waals surface area contributed by atoms with Gasteiger partial charge in [-0.05, 0) is 49.4 Å². The average Bonchev–Trinajstić information content (AvgIpc) is 2.98. The molecule has 0 fully saturated rings. The van der Waals surface area contributed by atoms with Crippen LogP contribution in [0.15, 0.2) is 42.5 Å². The predicted octanol–water partition coefficient (Wildman–Crippen LogP) is 4.01. The molecule has 0 aliphatic heterocycles. The summed E-state index contributed by atoms with van der Waals surface area (Å²) in [5.74, 6) is 0.106. The smallest absolute Gasteiger partial charge is 0.295 e. The van der Waals surface area contributed by atoms with Gasteiger partial charge in [0.05, 0.1) is 16.3 Å². The van der Waals surface area contributed by atoms with E-state index in [4.69, 9.17) is 28.5 Å². The first-order chi connectivity index (χ1) is 12.0. The Labute approximate surface area is 153 Å². The molecular formula is C17H11Cl2N5O. The van der Waals surface area contributed by atoms with E-state index in [1.165, 1.54) is 12.1 Å². The summed E-state index contributed by atoms with van der Waals surface area (Å²) in [7, 11) is 0. The van der Waals surface area contributed by atoms with Crippen LogP contribution in [0.3, 0.4) is 0 Å². The number of nitrogens with one attached hydrogen (secondary N) is 1. The Morgan fingerprint density at radius 2 is 1.92 bits per heavy atom. The number of aromatic nitrogens is 3. The van der Waals surface area contributed by atoms with Gasteiger partial charge in [0, 0.05) is 10.7 Å². The zero-order valence-corrected chi connectivity index (χ0v) is 14.5. The molecule has 0 saturated carbocycles. The summed E-state index contributed by atoms with van der Waals surface area (Å²) in [5, 5.41) is 16.6. The van der Waals surface area contributed by atoms with E-state index >= 15 is 0 Å². The normalized spacial score (nSPS) is 10.3. The number of amides is 1. The van der Waals surface area contributed by atoms with Gasteiger partial charge in [0.25, 0.3) is 5.91 Å². The fourth-order valence-electron chi connectivity index (χ4n) is 2.18. The topological polar surface area (TPSA) is 83.6 Å². The molecule has 0 radical (unpaired) electrons. The van der Waals surface area contributed by atoms with Crippen molar-refractivity contribution in [3.05, 3.63) is 69.7 Å². The second kappa shape index (κ2) is 6.93. The van der Waals surface area contributed by atoms with Crippen LogP contribution in [-0.4, -0.2) is 20.7 Å². The number of nitrogens with zero attached hydrogens (tertiary/aromatic N) is 4. The van der Waals surface area contributed by atoms with Crippen LogP contribution in [0.5, 0.6) is 0 Å². The number of nitriles is 1. The number of rotatable bonds is 3. The van der Waals surface area contributed by atoms with E-state index in [0.29, 0.717) is 22.1 Å². The maximum Gasteiger partial charge on any atom is 0.295 e. The lowest BCUT2D eigenvalue weighted by molar-refractivity contribution is 0.101. The maximum absolute atomic E-state index is 12.4. The number of benzene rings is 2. The predicted molar refractivity (Wildman–Crippen MR) is 95.2 cm³/mol. The third-order valence-corrected chi connectivity index (χ3v) is 3.96. The summed E-state index contributed by atoms with van der Waals surface area (Å²) in [6.07, 6.45) is 0. The van der Waals surface area contributed by atoms with E-state index in [9.17, 15) is 4.79 Å². The quantitative estimate of drug-likeness (QED) is 0.753. The molecule has 0 aliphatic carbocycles. The molecule has 0 aliphatic rings. The van der Waals surface area contributed by atoms with Crippen LogP contribution >= 0.6 is 23.2 Å². The Morgan fingerprint density at radius 3 is 2.56 bits per heavy atom. The zero-order valence-electron chi connectivity index (χ0n) is 13.0. The van der Waals surface area contributed by atoms with Gasteiger partial charge in [0.1, 0.15) is 11.9 Å². The molecule has 25 heavy (non-hydrogen) atoms. The number of carbonyl (C=O) groups is 1. The van der Waals surface area contributed by atoms with Gasteiger partial charge >= 0.3 is 0 Å². The molecule has 3 rings (SSSR count). The molecule has 1 heterocycles. The zero-order chi connectivity index (χ0) is 18.0. The monoisotopic (exact) mass is 371 g/mol. The van der Waals surface area contributed by atoms with Crippen molar-refractivity contribution in [1.29, 1.82) is 5.26 Å². The summed E-state index contributed by atoms with van der Waals surface area (Å²) in [4.78, 5) is 16.5. The highest BCUT2D eigenvalue weighted by molar-refractivity contribution is 6.32. The molecule has 8 heteroatoms. The van der Waals surface area contributed by atoms with Crippen LogP contribution < -0.4 is 5.32 Å². The number of carbonyl (C=O) groups excluding carboxylic acids is 1. The second-order valence-corrected chi connectivity index (χ2v) is 5.98. The fourth-order valence-corrected chi connectivity index (χ4v) is 2.53. The van der Waals surface area contributed by atoms with Crippen LogP contribution in [0.25, 0.3) is 5.69 Å². The summed E-state index contributed by atoms with van der Waals surface area (Å²) < 4.78 is 1.55. The minimum atomic E-state index is -0.475. The molecule has 3 aromatic rings. The molecule has 2 aromatic carbocycles. The lowest BCUT2D eigenvalue weighted by Crippen LogP contribution is -2.14. The number of hydrogen-bond acceptors (Lipinski definition) is 4. The van der Waals surface area contributed by atoms with Gasteiger partial charge in [-0.25, -0.2) is 9.67 Å². The minimum absolute atomic E-state index is 0.0212. The van der Waals surface area contributed by atoms with Crippen molar-refractivity contribution in [2.45, 2.75) is 6.92 Å². The number of halogens is 2. The van der Waals surface area contributed by atoms with Gasteiger partial charge in [-0.1, -0.05) is 23.2 Å². The van der Waals surface area contributed by atoms with Crippen molar-refractivity contribution in [2.75, 3.05) is 5.32 Å². The first-order valence-electron chi connectivity index (χ1n) is 7.18. The van der Waals surface area contributed by atoms with Crippen LogP contribution in [0.1, 0.15) is 22.0 Å². The molecule has 1 amide bonds. The minimum Gasteiger partial charge on any atom is -0.319 e. The first kappa shape index (κ1) is 17.0. The molecule has 124 valence electrons. The van der Waals surface area contributed by atoms with Gasteiger partial charge in [-0.15, -0.1) is 5.10 Å². The Morgan fingerprint density at radius 1 is 1.20 bits per heavy atom. The molecule has 6 nitrogen and oxygen atoms in total. The first-order valence-corrected chi connectivity index (χ1v) is 7.94. The molecular weight excluding hydrogens is 361 g/mol. The highest BCUT2D eigenvalue weighted by atomic mass is 35.5. The van der Waals surface area contributed by atoms with Gasteiger partial charge in [-0.2, -0.15) is 5.26 Å². The largest absolute Gasteiger partial charge is 0.319 e. The average molecular weight is 372 g/mol.